The van der Waals surface area contributed by atoms with Crippen molar-refractivity contribution in [2.45, 2.75) is 38.3 Å². The Hall–Kier alpha value is -1.92. The Bertz CT molecular complexity index is 592. The van der Waals surface area contributed by atoms with E-state index >= 15 is 0 Å². The molecule has 2 aliphatic heterocycles. The maximum atomic E-state index is 11.9. The van der Waals surface area contributed by atoms with Crippen LogP contribution in [0.5, 0.6) is 0 Å². The zero-order valence-electron chi connectivity index (χ0n) is 14.7. The lowest BCUT2D eigenvalue weighted by atomic mass is 9.89. The van der Waals surface area contributed by atoms with E-state index in [4.69, 9.17) is 5.73 Å². The van der Waals surface area contributed by atoms with Crippen LogP contribution in [0.4, 0.5) is 4.79 Å². The minimum Gasteiger partial charge on any atom is -0.351 e. The standard InChI is InChI=1S/C19H28N4O2/c20-19(25)21-18(24)14-23-11-5-9-17(23)16-8-4-10-22(13-16)12-15-6-2-1-3-7-15/h1-3,6-7,16-17H,4-5,8-14H2,(H3,20,21,24,25)/t16-,17-/m1/s1. The smallest absolute Gasteiger partial charge is 0.318 e. The number of hydrogen-bond donors (Lipinski definition) is 2. The minimum atomic E-state index is -0.771. The van der Waals surface area contributed by atoms with Crippen LogP contribution >= 0.6 is 0 Å². The highest BCUT2D eigenvalue weighted by molar-refractivity contribution is 5.94. The van der Waals surface area contributed by atoms with Crippen molar-refractivity contribution >= 4 is 11.9 Å². The van der Waals surface area contributed by atoms with Crippen molar-refractivity contribution in [2.75, 3.05) is 26.2 Å². The molecule has 6 heteroatoms. The highest BCUT2D eigenvalue weighted by atomic mass is 16.2. The molecular weight excluding hydrogens is 316 g/mol. The van der Waals surface area contributed by atoms with Crippen LogP contribution in [-0.4, -0.2) is 54.0 Å². The minimum absolute atomic E-state index is 0.267. The fraction of sp³-hybridized carbons (Fsp3) is 0.579. The van der Waals surface area contributed by atoms with Crippen LogP contribution in [0.1, 0.15) is 31.2 Å². The Balaban J connectivity index is 1.56. The zero-order valence-corrected chi connectivity index (χ0v) is 14.7. The van der Waals surface area contributed by atoms with E-state index in [9.17, 15) is 9.59 Å². The van der Waals surface area contributed by atoms with Gasteiger partial charge in [0.25, 0.3) is 0 Å². The molecule has 0 saturated carbocycles. The normalized spacial score (nSPS) is 25.0. The number of amides is 3. The summed E-state index contributed by atoms with van der Waals surface area (Å²) in [6.07, 6.45) is 4.66. The van der Waals surface area contributed by atoms with E-state index < -0.39 is 6.03 Å². The summed E-state index contributed by atoms with van der Waals surface area (Å²) >= 11 is 0. The third-order valence-corrected chi connectivity index (χ3v) is 5.36. The Morgan fingerprint density at radius 2 is 1.88 bits per heavy atom. The molecule has 3 N–H and O–H groups in total. The van der Waals surface area contributed by atoms with Crippen molar-refractivity contribution in [3.8, 4) is 0 Å². The third-order valence-electron chi connectivity index (χ3n) is 5.36. The number of carbonyl (C=O) groups excluding carboxylic acids is 2. The number of piperidine rings is 1. The van der Waals surface area contributed by atoms with Crippen LogP contribution in [0.2, 0.25) is 0 Å². The lowest BCUT2D eigenvalue weighted by Crippen LogP contribution is -2.48. The molecule has 25 heavy (non-hydrogen) atoms. The molecule has 0 radical (unpaired) electrons. The van der Waals surface area contributed by atoms with E-state index in [0.29, 0.717) is 12.0 Å². The highest BCUT2D eigenvalue weighted by Crippen LogP contribution is 2.30. The van der Waals surface area contributed by atoms with Gasteiger partial charge >= 0.3 is 6.03 Å². The van der Waals surface area contributed by atoms with E-state index in [1.165, 1.54) is 18.4 Å². The molecule has 2 atom stereocenters. The first-order chi connectivity index (χ1) is 12.1. The van der Waals surface area contributed by atoms with Crippen molar-refractivity contribution < 1.29 is 9.59 Å². The molecule has 0 bridgehead atoms. The molecule has 1 aromatic rings. The number of nitrogens with one attached hydrogen (secondary N) is 1. The summed E-state index contributed by atoms with van der Waals surface area (Å²) in [5.74, 6) is 0.290. The topological polar surface area (TPSA) is 78.7 Å². The van der Waals surface area contributed by atoms with Crippen molar-refractivity contribution in [1.29, 1.82) is 0 Å². The summed E-state index contributed by atoms with van der Waals surface area (Å²) in [6, 6.07) is 10.2. The zero-order chi connectivity index (χ0) is 17.6. The second kappa shape index (κ2) is 8.45. The van der Waals surface area contributed by atoms with E-state index in [2.05, 4.69) is 45.4 Å². The number of nitrogens with zero attached hydrogens (tertiary/aromatic N) is 2. The van der Waals surface area contributed by atoms with Gasteiger partial charge in [0.1, 0.15) is 0 Å². The first-order valence-corrected chi connectivity index (χ1v) is 9.21. The van der Waals surface area contributed by atoms with Gasteiger partial charge in [0.15, 0.2) is 0 Å². The van der Waals surface area contributed by atoms with Crippen molar-refractivity contribution in [3.63, 3.8) is 0 Å². The van der Waals surface area contributed by atoms with Crippen LogP contribution < -0.4 is 11.1 Å². The van der Waals surface area contributed by atoms with Gasteiger partial charge in [0.05, 0.1) is 6.54 Å². The average Bonchev–Trinajstić information content (AvgIpc) is 3.03. The molecule has 0 spiro atoms. The first-order valence-electron chi connectivity index (χ1n) is 9.21. The van der Waals surface area contributed by atoms with Crippen molar-refractivity contribution in [1.82, 2.24) is 15.1 Å². The van der Waals surface area contributed by atoms with Crippen molar-refractivity contribution in [2.24, 2.45) is 11.7 Å². The molecule has 1 aromatic carbocycles. The number of imide groups is 1. The van der Waals surface area contributed by atoms with Crippen LogP contribution in [0.3, 0.4) is 0 Å². The van der Waals surface area contributed by atoms with Gasteiger partial charge in [0.2, 0.25) is 5.91 Å². The number of likely N-dealkylation sites (tertiary alicyclic amines) is 2. The molecule has 0 aromatic heterocycles. The molecule has 2 fully saturated rings. The summed E-state index contributed by atoms with van der Waals surface area (Å²) in [7, 11) is 0. The molecule has 136 valence electrons. The van der Waals surface area contributed by atoms with Crippen LogP contribution in [0.15, 0.2) is 30.3 Å². The fourth-order valence-corrected chi connectivity index (χ4v) is 4.33. The molecule has 2 saturated heterocycles. The Morgan fingerprint density at radius 1 is 1.12 bits per heavy atom. The number of primary amides is 1. The monoisotopic (exact) mass is 344 g/mol. The van der Waals surface area contributed by atoms with Gasteiger partial charge in [-0.25, -0.2) is 4.79 Å². The van der Waals surface area contributed by atoms with Gasteiger partial charge in [-0.2, -0.15) is 0 Å². The summed E-state index contributed by atoms with van der Waals surface area (Å²) in [6.45, 7) is 4.40. The SMILES string of the molecule is NC(=O)NC(=O)CN1CCC[C@@H]1[C@@H]1CCCN(Cc2ccccc2)C1. The number of nitrogens with two attached hydrogens (primary N) is 1. The van der Waals surface area contributed by atoms with Gasteiger partial charge in [-0.05, 0) is 50.3 Å². The quantitative estimate of drug-likeness (QED) is 0.850. The maximum Gasteiger partial charge on any atom is 0.318 e. The van der Waals surface area contributed by atoms with Crippen molar-refractivity contribution in [3.05, 3.63) is 35.9 Å². The van der Waals surface area contributed by atoms with Crippen LogP contribution in [0, 0.1) is 5.92 Å². The van der Waals surface area contributed by atoms with Gasteiger partial charge < -0.3 is 5.73 Å². The summed E-state index contributed by atoms with van der Waals surface area (Å²) in [4.78, 5) is 27.5. The van der Waals surface area contributed by atoms with E-state index in [-0.39, 0.29) is 12.5 Å². The number of urea groups is 1. The van der Waals surface area contributed by atoms with E-state index in [0.717, 1.165) is 39.0 Å². The number of rotatable bonds is 5. The number of hydrogen-bond acceptors (Lipinski definition) is 4. The Kier molecular flexibility index (Phi) is 6.04. The molecule has 3 amide bonds. The molecule has 3 rings (SSSR count). The van der Waals surface area contributed by atoms with E-state index in [1.807, 2.05) is 0 Å². The summed E-state index contributed by atoms with van der Waals surface area (Å²) < 4.78 is 0. The molecule has 6 nitrogen and oxygen atoms in total. The van der Waals surface area contributed by atoms with E-state index in [1.54, 1.807) is 0 Å². The summed E-state index contributed by atoms with van der Waals surface area (Å²) in [5, 5.41) is 2.18. The second-order valence-electron chi connectivity index (χ2n) is 7.22. The van der Waals surface area contributed by atoms with Crippen LogP contribution in [0.25, 0.3) is 0 Å². The van der Waals surface area contributed by atoms with Gasteiger partial charge in [0, 0.05) is 19.1 Å². The van der Waals surface area contributed by atoms with Gasteiger partial charge in [-0.3, -0.25) is 19.9 Å². The molecule has 0 unspecified atom stereocenters. The van der Waals surface area contributed by atoms with Crippen LogP contribution in [-0.2, 0) is 11.3 Å². The summed E-state index contributed by atoms with van der Waals surface area (Å²) in [5.41, 5.74) is 6.39. The second-order valence-corrected chi connectivity index (χ2v) is 7.22. The highest BCUT2D eigenvalue weighted by Gasteiger charge is 2.35. The number of benzene rings is 1. The first kappa shape index (κ1) is 17.9. The lowest BCUT2D eigenvalue weighted by Gasteiger charge is -2.39. The molecule has 0 aliphatic carbocycles. The molecular formula is C19H28N4O2. The Morgan fingerprint density at radius 3 is 2.64 bits per heavy atom. The number of carbonyl (C=O) groups is 2. The maximum absolute atomic E-state index is 11.9. The predicted octanol–water partition coefficient (Wildman–Crippen LogP) is 1.56. The predicted molar refractivity (Wildman–Crippen MR) is 96.8 cm³/mol. The lowest BCUT2D eigenvalue weighted by molar-refractivity contribution is -0.121. The molecule has 2 heterocycles. The Labute approximate surface area is 149 Å². The molecule has 2 aliphatic rings. The third kappa shape index (κ3) is 5.03. The largest absolute Gasteiger partial charge is 0.351 e. The average molecular weight is 344 g/mol. The fourth-order valence-electron chi connectivity index (χ4n) is 4.33. The van der Waals surface area contributed by atoms with Gasteiger partial charge in [-0.15, -0.1) is 0 Å². The van der Waals surface area contributed by atoms with Gasteiger partial charge in [-0.1, -0.05) is 30.3 Å².